The standard InChI is InChI=1S/C13H19N5S/c1-4-14-5-11-6-15-13(17-10(11)2)18(3)7-12-8-19-9-16-12/h6,8-9,14H,4-5,7H2,1-3H3. The van der Waals surface area contributed by atoms with E-state index in [1.54, 1.807) is 11.3 Å². The normalized spacial score (nSPS) is 10.7. The maximum absolute atomic E-state index is 4.56. The highest BCUT2D eigenvalue weighted by Crippen LogP contribution is 2.13. The number of aromatic nitrogens is 3. The number of anilines is 1. The second-order valence-electron chi connectivity index (χ2n) is 4.40. The molecule has 0 atom stereocenters. The van der Waals surface area contributed by atoms with Crippen LogP contribution in [-0.2, 0) is 13.1 Å². The summed E-state index contributed by atoms with van der Waals surface area (Å²) in [5.74, 6) is 0.741. The first-order valence-corrected chi connectivity index (χ1v) is 7.26. The Labute approximate surface area is 117 Å². The van der Waals surface area contributed by atoms with E-state index in [0.29, 0.717) is 0 Å². The molecule has 0 amide bonds. The Hall–Kier alpha value is -1.53. The fraction of sp³-hybridized carbons (Fsp3) is 0.462. The van der Waals surface area contributed by atoms with Gasteiger partial charge in [-0.25, -0.2) is 15.0 Å². The molecule has 0 aliphatic carbocycles. The molecule has 0 aromatic carbocycles. The summed E-state index contributed by atoms with van der Waals surface area (Å²) in [5.41, 5.74) is 5.06. The molecule has 0 spiro atoms. The summed E-state index contributed by atoms with van der Waals surface area (Å²) in [6.07, 6.45) is 1.90. The molecule has 0 unspecified atom stereocenters. The molecule has 2 rings (SSSR count). The van der Waals surface area contributed by atoms with Gasteiger partial charge < -0.3 is 10.2 Å². The molecule has 5 nitrogen and oxygen atoms in total. The molecule has 0 bridgehead atoms. The van der Waals surface area contributed by atoms with Crippen LogP contribution in [0.1, 0.15) is 23.9 Å². The largest absolute Gasteiger partial charge is 0.338 e. The molecule has 19 heavy (non-hydrogen) atoms. The van der Waals surface area contributed by atoms with Crippen LogP contribution in [0.15, 0.2) is 17.1 Å². The van der Waals surface area contributed by atoms with Crippen LogP contribution in [0.5, 0.6) is 0 Å². The van der Waals surface area contributed by atoms with Gasteiger partial charge in [-0.15, -0.1) is 11.3 Å². The van der Waals surface area contributed by atoms with Gasteiger partial charge >= 0.3 is 0 Å². The molecule has 1 N–H and O–H groups in total. The van der Waals surface area contributed by atoms with E-state index in [1.165, 1.54) is 0 Å². The second-order valence-corrected chi connectivity index (χ2v) is 5.12. The fourth-order valence-electron chi connectivity index (χ4n) is 1.73. The zero-order chi connectivity index (χ0) is 13.7. The van der Waals surface area contributed by atoms with Gasteiger partial charge in [0.15, 0.2) is 0 Å². The number of nitrogens with zero attached hydrogens (tertiary/aromatic N) is 4. The van der Waals surface area contributed by atoms with Crippen LogP contribution >= 0.6 is 11.3 Å². The Balaban J connectivity index is 2.06. The van der Waals surface area contributed by atoms with E-state index in [9.17, 15) is 0 Å². The number of thiazole rings is 1. The zero-order valence-electron chi connectivity index (χ0n) is 11.6. The fourth-order valence-corrected chi connectivity index (χ4v) is 2.28. The Bertz CT molecular complexity index is 512. The smallest absolute Gasteiger partial charge is 0.225 e. The van der Waals surface area contributed by atoms with Gasteiger partial charge in [-0.1, -0.05) is 6.92 Å². The Kier molecular flexibility index (Phi) is 4.81. The summed E-state index contributed by atoms with van der Waals surface area (Å²) in [5, 5.41) is 5.33. The molecule has 2 aromatic heterocycles. The van der Waals surface area contributed by atoms with Gasteiger partial charge in [-0.05, 0) is 13.5 Å². The molecule has 0 radical (unpaired) electrons. The van der Waals surface area contributed by atoms with E-state index in [4.69, 9.17) is 0 Å². The lowest BCUT2D eigenvalue weighted by molar-refractivity contribution is 0.713. The van der Waals surface area contributed by atoms with E-state index in [1.807, 2.05) is 36.0 Å². The van der Waals surface area contributed by atoms with Crippen molar-refractivity contribution in [1.82, 2.24) is 20.3 Å². The minimum atomic E-state index is 0.732. The zero-order valence-corrected chi connectivity index (χ0v) is 12.4. The monoisotopic (exact) mass is 277 g/mol. The third kappa shape index (κ3) is 3.71. The molecule has 0 aliphatic heterocycles. The molecular weight excluding hydrogens is 258 g/mol. The van der Waals surface area contributed by atoms with E-state index in [2.05, 4.69) is 27.2 Å². The first-order chi connectivity index (χ1) is 9.20. The summed E-state index contributed by atoms with van der Waals surface area (Å²) in [4.78, 5) is 15.3. The van der Waals surface area contributed by atoms with Crippen LogP contribution < -0.4 is 10.2 Å². The lowest BCUT2D eigenvalue weighted by Gasteiger charge is -2.17. The van der Waals surface area contributed by atoms with Crippen molar-refractivity contribution in [1.29, 1.82) is 0 Å². The quantitative estimate of drug-likeness (QED) is 0.875. The van der Waals surface area contributed by atoms with Crippen LogP contribution in [-0.4, -0.2) is 28.5 Å². The summed E-state index contributed by atoms with van der Waals surface area (Å²) in [6.45, 7) is 6.61. The molecular formula is C13H19N5S. The average Bonchev–Trinajstić information content (AvgIpc) is 2.90. The van der Waals surface area contributed by atoms with Crippen LogP contribution in [0.4, 0.5) is 5.95 Å². The SMILES string of the molecule is CCNCc1cnc(N(C)Cc2cscn2)nc1C. The highest BCUT2D eigenvalue weighted by molar-refractivity contribution is 7.07. The molecule has 2 heterocycles. The summed E-state index contributed by atoms with van der Waals surface area (Å²) < 4.78 is 0. The van der Waals surface area contributed by atoms with E-state index < -0.39 is 0 Å². The van der Waals surface area contributed by atoms with Gasteiger partial charge in [0.2, 0.25) is 5.95 Å². The van der Waals surface area contributed by atoms with Crippen LogP contribution in [0.2, 0.25) is 0 Å². The highest BCUT2D eigenvalue weighted by atomic mass is 32.1. The lowest BCUT2D eigenvalue weighted by Crippen LogP contribution is -2.21. The highest BCUT2D eigenvalue weighted by Gasteiger charge is 2.08. The first kappa shape index (κ1) is 13.9. The predicted octanol–water partition coefficient (Wildman–Crippen LogP) is 1.99. The van der Waals surface area contributed by atoms with Gasteiger partial charge in [0.05, 0.1) is 17.7 Å². The number of hydrogen-bond donors (Lipinski definition) is 1. The lowest BCUT2D eigenvalue weighted by atomic mass is 10.2. The van der Waals surface area contributed by atoms with Crippen molar-refractivity contribution in [3.05, 3.63) is 34.0 Å². The number of nitrogens with one attached hydrogen (secondary N) is 1. The second kappa shape index (κ2) is 6.58. The third-order valence-electron chi connectivity index (χ3n) is 2.86. The molecule has 0 fully saturated rings. The maximum Gasteiger partial charge on any atom is 0.225 e. The van der Waals surface area contributed by atoms with Crippen molar-refractivity contribution in [3.8, 4) is 0 Å². The molecule has 0 saturated heterocycles. The third-order valence-corrected chi connectivity index (χ3v) is 3.49. The molecule has 6 heteroatoms. The molecule has 102 valence electrons. The predicted molar refractivity (Wildman–Crippen MR) is 78.4 cm³/mol. The van der Waals surface area contributed by atoms with Crippen molar-refractivity contribution < 1.29 is 0 Å². The van der Waals surface area contributed by atoms with Gasteiger partial charge in [0.25, 0.3) is 0 Å². The van der Waals surface area contributed by atoms with Crippen molar-refractivity contribution in [2.45, 2.75) is 26.9 Å². The van der Waals surface area contributed by atoms with Crippen LogP contribution in [0.3, 0.4) is 0 Å². The minimum Gasteiger partial charge on any atom is -0.338 e. The first-order valence-electron chi connectivity index (χ1n) is 6.32. The van der Waals surface area contributed by atoms with Gasteiger partial charge in [0, 0.05) is 36.4 Å². The van der Waals surface area contributed by atoms with E-state index in [-0.39, 0.29) is 0 Å². The summed E-state index contributed by atoms with van der Waals surface area (Å²) >= 11 is 1.60. The van der Waals surface area contributed by atoms with Crippen LogP contribution in [0, 0.1) is 6.92 Å². The Morgan fingerprint density at radius 3 is 2.84 bits per heavy atom. The maximum atomic E-state index is 4.56. The average molecular weight is 277 g/mol. The molecule has 0 aliphatic rings. The summed E-state index contributed by atoms with van der Waals surface area (Å²) in [7, 11) is 1.98. The number of hydrogen-bond acceptors (Lipinski definition) is 6. The van der Waals surface area contributed by atoms with Crippen LogP contribution in [0.25, 0.3) is 0 Å². The van der Waals surface area contributed by atoms with Crippen molar-refractivity contribution >= 4 is 17.3 Å². The Morgan fingerprint density at radius 2 is 2.21 bits per heavy atom. The Morgan fingerprint density at radius 1 is 1.37 bits per heavy atom. The van der Waals surface area contributed by atoms with E-state index in [0.717, 1.165) is 42.5 Å². The van der Waals surface area contributed by atoms with Gasteiger partial charge in [-0.2, -0.15) is 0 Å². The topological polar surface area (TPSA) is 53.9 Å². The van der Waals surface area contributed by atoms with E-state index >= 15 is 0 Å². The number of aryl methyl sites for hydroxylation is 1. The van der Waals surface area contributed by atoms with Gasteiger partial charge in [0.1, 0.15) is 0 Å². The van der Waals surface area contributed by atoms with Crippen molar-refractivity contribution in [2.24, 2.45) is 0 Å². The molecule has 2 aromatic rings. The number of rotatable bonds is 6. The summed E-state index contributed by atoms with van der Waals surface area (Å²) in [6, 6.07) is 0. The molecule has 0 saturated carbocycles. The van der Waals surface area contributed by atoms with Crippen molar-refractivity contribution in [3.63, 3.8) is 0 Å². The van der Waals surface area contributed by atoms with Crippen molar-refractivity contribution in [2.75, 3.05) is 18.5 Å². The minimum absolute atomic E-state index is 0.732. The van der Waals surface area contributed by atoms with Gasteiger partial charge in [-0.3, -0.25) is 0 Å².